The summed E-state index contributed by atoms with van der Waals surface area (Å²) >= 11 is 0. The van der Waals surface area contributed by atoms with Crippen LogP contribution >= 0.6 is 0 Å². The van der Waals surface area contributed by atoms with Crippen LogP contribution in [0.2, 0.25) is 0 Å². The molecule has 4 heteroatoms. The Bertz CT molecular complexity index is 3400. The van der Waals surface area contributed by atoms with Gasteiger partial charge in [-0.2, -0.15) is 0 Å². The summed E-state index contributed by atoms with van der Waals surface area (Å²) in [7, 11) is 0. The smallest absolute Gasteiger partial charge is 0.0571 e. The van der Waals surface area contributed by atoms with Crippen molar-refractivity contribution in [1.82, 2.24) is 19.1 Å². The van der Waals surface area contributed by atoms with Crippen LogP contribution < -0.4 is 0 Å². The lowest BCUT2D eigenvalue weighted by molar-refractivity contribution is 0.660. The minimum Gasteiger partial charge on any atom is -0.309 e. The molecule has 0 unspecified atom stereocenters. The molecular formula is C55H38N4. The fourth-order valence-electron chi connectivity index (χ4n) is 9.81. The lowest BCUT2D eigenvalue weighted by atomic mass is 9.82. The van der Waals surface area contributed by atoms with Gasteiger partial charge in [0.2, 0.25) is 0 Å². The van der Waals surface area contributed by atoms with E-state index in [1.165, 1.54) is 60.8 Å². The molecule has 0 spiro atoms. The van der Waals surface area contributed by atoms with Crippen LogP contribution in [0.1, 0.15) is 25.0 Å². The molecular weight excluding hydrogens is 717 g/mol. The van der Waals surface area contributed by atoms with Crippen LogP contribution in [0.15, 0.2) is 195 Å². The van der Waals surface area contributed by atoms with E-state index in [-0.39, 0.29) is 5.41 Å². The van der Waals surface area contributed by atoms with Gasteiger partial charge in [-0.25, -0.2) is 0 Å². The van der Waals surface area contributed by atoms with Crippen LogP contribution in [0.25, 0.3) is 99.5 Å². The summed E-state index contributed by atoms with van der Waals surface area (Å²) in [6.07, 6.45) is 7.83. The SMILES string of the molecule is CC1(C)c2ccccc2-c2ccc(-n3c4ccncc4c4cc(-c5ccc6c(c5)c5cnccc5n6-c5cc(-c6ccccc6)cc(-c6ccccc6)c5)ccc43)cc21. The second kappa shape index (κ2) is 12.7. The highest BCUT2D eigenvalue weighted by Gasteiger charge is 2.35. The molecule has 1 aliphatic rings. The van der Waals surface area contributed by atoms with Gasteiger partial charge in [0.25, 0.3) is 0 Å². The van der Waals surface area contributed by atoms with Gasteiger partial charge in [-0.1, -0.05) is 117 Å². The minimum atomic E-state index is -0.0818. The Morgan fingerprint density at radius 1 is 0.356 bits per heavy atom. The number of hydrogen-bond donors (Lipinski definition) is 0. The molecule has 59 heavy (non-hydrogen) atoms. The van der Waals surface area contributed by atoms with Gasteiger partial charge in [-0.15, -0.1) is 0 Å². The highest BCUT2D eigenvalue weighted by Crippen LogP contribution is 2.49. The van der Waals surface area contributed by atoms with E-state index in [9.17, 15) is 0 Å². The van der Waals surface area contributed by atoms with E-state index >= 15 is 0 Å². The summed E-state index contributed by atoms with van der Waals surface area (Å²) in [5.41, 5.74) is 19.3. The molecule has 11 aromatic rings. The molecule has 0 saturated heterocycles. The molecule has 4 aromatic heterocycles. The number of fused-ring (bicyclic) bond motifs is 9. The quantitative estimate of drug-likeness (QED) is 0.175. The zero-order valence-corrected chi connectivity index (χ0v) is 32.8. The molecule has 0 bridgehead atoms. The van der Waals surface area contributed by atoms with Crippen molar-refractivity contribution >= 4 is 43.6 Å². The molecule has 12 rings (SSSR count). The molecule has 0 amide bonds. The third-order valence-electron chi connectivity index (χ3n) is 12.7. The molecule has 4 heterocycles. The first-order chi connectivity index (χ1) is 29.0. The van der Waals surface area contributed by atoms with Gasteiger partial charge < -0.3 is 9.13 Å². The van der Waals surface area contributed by atoms with E-state index in [2.05, 4.69) is 203 Å². The van der Waals surface area contributed by atoms with Crippen LogP contribution in [0.5, 0.6) is 0 Å². The van der Waals surface area contributed by atoms with E-state index in [1.807, 2.05) is 24.8 Å². The van der Waals surface area contributed by atoms with E-state index < -0.39 is 0 Å². The molecule has 0 radical (unpaired) electrons. The predicted octanol–water partition coefficient (Wildman–Crippen LogP) is 14.0. The summed E-state index contributed by atoms with van der Waals surface area (Å²) in [6, 6.07) is 62.1. The standard InChI is InChI=1S/C55H38N4/c1-55(2)49-16-10-9-15-43(49)44-20-19-41(32-50(44)55)58-51-21-17-37(30-45(51)47-33-56-25-23-53(47)58)38-18-22-52-46(31-38)48-34-57-26-24-54(48)59(52)42-28-39(35-11-5-3-6-12-35)27-40(29-42)36-13-7-4-8-14-36/h3-34H,1-2H3. The van der Waals surface area contributed by atoms with Gasteiger partial charge in [0, 0.05) is 63.1 Å². The number of benzene rings is 7. The Labute approximate surface area is 342 Å². The first kappa shape index (κ1) is 33.6. The number of pyridine rings is 2. The Hall–Kier alpha value is -7.56. The number of rotatable bonds is 5. The highest BCUT2D eigenvalue weighted by atomic mass is 15.0. The summed E-state index contributed by atoms with van der Waals surface area (Å²) in [5.74, 6) is 0. The average Bonchev–Trinajstić information content (AvgIpc) is 3.89. The Kier molecular flexibility index (Phi) is 7.24. The minimum absolute atomic E-state index is 0.0818. The molecule has 0 fully saturated rings. The largest absolute Gasteiger partial charge is 0.309 e. The van der Waals surface area contributed by atoms with Crippen LogP contribution in [-0.4, -0.2) is 19.1 Å². The molecule has 0 saturated carbocycles. The lowest BCUT2D eigenvalue weighted by Gasteiger charge is -2.22. The Balaban J connectivity index is 1.01. The van der Waals surface area contributed by atoms with Crippen molar-refractivity contribution in [2.45, 2.75) is 19.3 Å². The molecule has 0 atom stereocenters. The first-order valence-electron chi connectivity index (χ1n) is 20.3. The lowest BCUT2D eigenvalue weighted by Crippen LogP contribution is -2.15. The van der Waals surface area contributed by atoms with Gasteiger partial charge in [0.1, 0.15) is 0 Å². The normalized spacial score (nSPS) is 13.1. The van der Waals surface area contributed by atoms with E-state index in [0.717, 1.165) is 49.8 Å². The maximum absolute atomic E-state index is 4.63. The third kappa shape index (κ3) is 5.09. The molecule has 0 aliphatic heterocycles. The molecule has 1 aliphatic carbocycles. The first-order valence-corrected chi connectivity index (χ1v) is 20.3. The van der Waals surface area contributed by atoms with Crippen molar-refractivity contribution in [1.29, 1.82) is 0 Å². The molecule has 0 N–H and O–H groups in total. The second-order valence-corrected chi connectivity index (χ2v) is 16.3. The van der Waals surface area contributed by atoms with Crippen LogP contribution in [-0.2, 0) is 5.41 Å². The summed E-state index contributed by atoms with van der Waals surface area (Å²) in [6.45, 7) is 4.69. The number of hydrogen-bond acceptors (Lipinski definition) is 2. The second-order valence-electron chi connectivity index (χ2n) is 16.3. The van der Waals surface area contributed by atoms with E-state index in [1.54, 1.807) is 0 Å². The van der Waals surface area contributed by atoms with Crippen molar-refractivity contribution in [3.63, 3.8) is 0 Å². The van der Waals surface area contributed by atoms with Crippen molar-refractivity contribution in [3.8, 4) is 55.9 Å². The zero-order valence-electron chi connectivity index (χ0n) is 32.8. The van der Waals surface area contributed by atoms with Crippen molar-refractivity contribution < 1.29 is 0 Å². The van der Waals surface area contributed by atoms with E-state index in [4.69, 9.17) is 0 Å². The number of aromatic nitrogens is 4. The summed E-state index contributed by atoms with van der Waals surface area (Å²) in [4.78, 5) is 9.24. The summed E-state index contributed by atoms with van der Waals surface area (Å²) < 4.78 is 4.80. The number of nitrogens with zero attached hydrogens (tertiary/aromatic N) is 4. The maximum Gasteiger partial charge on any atom is 0.0571 e. The van der Waals surface area contributed by atoms with Crippen LogP contribution in [0, 0.1) is 0 Å². The summed E-state index contributed by atoms with van der Waals surface area (Å²) in [5, 5.41) is 4.62. The van der Waals surface area contributed by atoms with Gasteiger partial charge in [0.05, 0.1) is 22.1 Å². The predicted molar refractivity (Wildman–Crippen MR) is 245 cm³/mol. The average molecular weight is 755 g/mol. The fourth-order valence-corrected chi connectivity index (χ4v) is 9.81. The zero-order chi connectivity index (χ0) is 39.2. The molecule has 278 valence electrons. The molecule has 4 nitrogen and oxygen atoms in total. The third-order valence-corrected chi connectivity index (χ3v) is 12.7. The maximum atomic E-state index is 4.63. The molecule has 7 aromatic carbocycles. The van der Waals surface area contributed by atoms with Crippen molar-refractivity contribution in [2.24, 2.45) is 0 Å². The Morgan fingerprint density at radius 2 is 0.864 bits per heavy atom. The monoisotopic (exact) mass is 754 g/mol. The Morgan fingerprint density at radius 3 is 1.46 bits per heavy atom. The van der Waals surface area contributed by atoms with Gasteiger partial charge >= 0.3 is 0 Å². The van der Waals surface area contributed by atoms with Crippen molar-refractivity contribution in [3.05, 3.63) is 206 Å². The van der Waals surface area contributed by atoms with Gasteiger partial charge in [-0.3, -0.25) is 9.97 Å². The topological polar surface area (TPSA) is 35.6 Å². The van der Waals surface area contributed by atoms with E-state index in [0.29, 0.717) is 0 Å². The van der Waals surface area contributed by atoms with Crippen molar-refractivity contribution in [2.75, 3.05) is 0 Å². The van der Waals surface area contributed by atoms with Gasteiger partial charge in [-0.05, 0) is 122 Å². The van der Waals surface area contributed by atoms with Crippen LogP contribution in [0.4, 0.5) is 0 Å². The highest BCUT2D eigenvalue weighted by molar-refractivity contribution is 6.12. The van der Waals surface area contributed by atoms with Crippen LogP contribution in [0.3, 0.4) is 0 Å². The fraction of sp³-hybridized carbons (Fsp3) is 0.0545. The van der Waals surface area contributed by atoms with Gasteiger partial charge in [0.15, 0.2) is 0 Å².